The minimum atomic E-state index is 0.380. The van der Waals surface area contributed by atoms with Crippen molar-refractivity contribution in [2.75, 3.05) is 20.3 Å². The van der Waals surface area contributed by atoms with Gasteiger partial charge in [-0.2, -0.15) is 0 Å². The van der Waals surface area contributed by atoms with Gasteiger partial charge < -0.3 is 13.7 Å². The first-order chi connectivity index (χ1) is 15.2. The molecule has 0 spiro atoms. The molecule has 0 aromatic heterocycles. The van der Waals surface area contributed by atoms with Crippen LogP contribution in [0.4, 0.5) is 0 Å². The minimum Gasteiger partial charge on any atom is -0.497 e. The van der Waals surface area contributed by atoms with Gasteiger partial charge in [0.15, 0.2) is 11.5 Å². The van der Waals surface area contributed by atoms with Gasteiger partial charge in [-0.15, -0.1) is 0 Å². The van der Waals surface area contributed by atoms with Gasteiger partial charge in [-0.3, -0.25) is 4.90 Å². The van der Waals surface area contributed by atoms with Crippen molar-refractivity contribution in [3.05, 3.63) is 88.9 Å². The molecule has 4 rings (SSSR count). The molecule has 1 atom stereocenters. The van der Waals surface area contributed by atoms with Crippen molar-refractivity contribution in [1.29, 1.82) is 0 Å². The quantitative estimate of drug-likeness (QED) is 0.373. The third kappa shape index (κ3) is 4.53. The molecule has 162 valence electrons. The Labute approximate surface area is 189 Å². The summed E-state index contributed by atoms with van der Waals surface area (Å²) in [5, 5.41) is 0. The Bertz CT molecular complexity index is 1010. The number of ether oxygens (including phenoxy) is 2. The number of methoxy groups -OCH3 is 1. The molecule has 0 N–H and O–H groups in total. The first-order valence-electron chi connectivity index (χ1n) is 10.7. The molecule has 4 nitrogen and oxygen atoms in total. The van der Waals surface area contributed by atoms with Gasteiger partial charge >= 0.3 is 0 Å². The molecule has 2 aromatic rings. The highest BCUT2D eigenvalue weighted by molar-refractivity contribution is 7.99. The number of nitrogens with zero attached hydrogens (tertiary/aromatic N) is 1. The van der Waals surface area contributed by atoms with Gasteiger partial charge in [0.2, 0.25) is 0 Å². The van der Waals surface area contributed by atoms with Gasteiger partial charge in [0.05, 0.1) is 25.8 Å². The summed E-state index contributed by atoms with van der Waals surface area (Å²) >= 11 is 1.27. The summed E-state index contributed by atoms with van der Waals surface area (Å²) in [6, 6.07) is 11.2. The number of benzene rings is 2. The van der Waals surface area contributed by atoms with Crippen molar-refractivity contribution in [2.24, 2.45) is 0 Å². The molecule has 2 aliphatic rings. The number of hydrogen-bond acceptors (Lipinski definition) is 5. The van der Waals surface area contributed by atoms with E-state index in [0.717, 1.165) is 48.1 Å². The molecule has 0 fully saturated rings. The molecule has 0 bridgehead atoms. The molecule has 0 aliphatic carbocycles. The van der Waals surface area contributed by atoms with E-state index < -0.39 is 0 Å². The fourth-order valence-corrected chi connectivity index (χ4v) is 4.91. The molecule has 0 saturated carbocycles. The molecule has 1 unspecified atom stereocenters. The normalized spacial score (nSPS) is 17.7. The third-order valence-corrected chi connectivity index (χ3v) is 6.64. The molecule has 0 saturated heterocycles. The predicted octanol–water partition coefficient (Wildman–Crippen LogP) is 6.03. The second-order valence-electron chi connectivity index (χ2n) is 7.68. The largest absolute Gasteiger partial charge is 0.497 e. The molecule has 2 heterocycles. The van der Waals surface area contributed by atoms with Crippen LogP contribution in [0.25, 0.3) is 0 Å². The Morgan fingerprint density at radius 3 is 2.74 bits per heavy atom. The number of hydrogen-bond donors (Lipinski definition) is 0. The summed E-state index contributed by atoms with van der Waals surface area (Å²) in [7, 11) is 1.73. The predicted molar refractivity (Wildman–Crippen MR) is 128 cm³/mol. The van der Waals surface area contributed by atoms with Gasteiger partial charge in [-0.25, -0.2) is 0 Å². The minimum absolute atomic E-state index is 0.380. The van der Waals surface area contributed by atoms with Crippen LogP contribution in [0.1, 0.15) is 35.2 Å². The topological polar surface area (TPSA) is 30.9 Å². The van der Waals surface area contributed by atoms with Crippen LogP contribution in [0.5, 0.6) is 17.2 Å². The average molecular weight is 436 g/mol. The summed E-state index contributed by atoms with van der Waals surface area (Å²) < 4.78 is 17.4. The third-order valence-electron chi connectivity index (χ3n) is 5.88. The molecule has 2 aromatic carbocycles. The number of fused-ring (bicyclic) bond motifs is 4. The Morgan fingerprint density at radius 2 is 2.00 bits per heavy atom. The second-order valence-corrected chi connectivity index (χ2v) is 8.49. The summed E-state index contributed by atoms with van der Waals surface area (Å²) in [5.74, 6) is 2.47. The lowest BCUT2D eigenvalue weighted by atomic mass is 9.84. The van der Waals surface area contributed by atoms with E-state index >= 15 is 0 Å². The Morgan fingerprint density at radius 1 is 1.16 bits per heavy atom. The lowest BCUT2D eigenvalue weighted by Crippen LogP contribution is -2.39. The van der Waals surface area contributed by atoms with Gasteiger partial charge in [-0.1, -0.05) is 31.4 Å². The van der Waals surface area contributed by atoms with Crippen LogP contribution in [-0.4, -0.2) is 25.2 Å². The number of rotatable bonds is 8. The molecule has 31 heavy (non-hydrogen) atoms. The fraction of sp³-hybridized carbons (Fsp3) is 0.308. The zero-order valence-electron chi connectivity index (χ0n) is 18.2. The molecule has 5 heteroatoms. The van der Waals surface area contributed by atoms with Gasteiger partial charge in [0.1, 0.15) is 5.75 Å². The van der Waals surface area contributed by atoms with E-state index in [9.17, 15) is 0 Å². The summed E-state index contributed by atoms with van der Waals surface area (Å²) in [5.41, 5.74) is 5.44. The van der Waals surface area contributed by atoms with Crippen LogP contribution in [0, 0.1) is 0 Å². The maximum Gasteiger partial charge on any atom is 0.180 e. The van der Waals surface area contributed by atoms with Crippen LogP contribution in [0.3, 0.4) is 0 Å². The fourth-order valence-electron chi connectivity index (χ4n) is 4.38. The average Bonchev–Trinajstić information content (AvgIpc) is 2.80. The summed E-state index contributed by atoms with van der Waals surface area (Å²) in [6.45, 7) is 12.1. The van der Waals surface area contributed by atoms with Crippen molar-refractivity contribution in [2.45, 2.75) is 32.4 Å². The standard InChI is InChI=1S/C26H29NO3S/c1-5-8-22(6-2)31-30-26-15-19-14-24-23-10-9-21(28-4)13-18(23)11-12-27(24)17-20(19)16-25(26)29-7-3/h5-6,8-10,13,15-16,24H,1-2,7,11-12,14,17H2,3-4H3/b22-8+. The highest BCUT2D eigenvalue weighted by Gasteiger charge is 2.33. The van der Waals surface area contributed by atoms with Crippen LogP contribution < -0.4 is 13.7 Å². The van der Waals surface area contributed by atoms with E-state index in [2.05, 4.69) is 48.4 Å². The van der Waals surface area contributed by atoms with Gasteiger partial charge in [0.25, 0.3) is 0 Å². The zero-order chi connectivity index (χ0) is 21.8. The summed E-state index contributed by atoms with van der Waals surface area (Å²) in [4.78, 5) is 3.47. The van der Waals surface area contributed by atoms with E-state index in [1.165, 1.54) is 34.3 Å². The second kappa shape index (κ2) is 9.67. The van der Waals surface area contributed by atoms with Gasteiger partial charge in [-0.05, 0) is 72.4 Å². The maximum absolute atomic E-state index is 6.07. The van der Waals surface area contributed by atoms with E-state index in [1.807, 2.05) is 13.0 Å². The zero-order valence-corrected chi connectivity index (χ0v) is 19.0. The van der Waals surface area contributed by atoms with Crippen molar-refractivity contribution in [1.82, 2.24) is 4.90 Å². The Kier molecular flexibility index (Phi) is 6.73. The first-order valence-corrected chi connectivity index (χ1v) is 11.4. The molecule has 0 amide bonds. The van der Waals surface area contributed by atoms with E-state index in [4.69, 9.17) is 13.7 Å². The van der Waals surface area contributed by atoms with E-state index in [-0.39, 0.29) is 0 Å². The first kappa shape index (κ1) is 21.6. The molecular formula is C26H29NO3S. The van der Waals surface area contributed by atoms with Crippen LogP contribution in [0.15, 0.2) is 66.6 Å². The van der Waals surface area contributed by atoms with Crippen molar-refractivity contribution >= 4 is 12.0 Å². The number of allylic oxidation sites excluding steroid dienone is 3. The summed E-state index contributed by atoms with van der Waals surface area (Å²) in [6.07, 6.45) is 7.37. The molecule has 2 aliphatic heterocycles. The monoisotopic (exact) mass is 435 g/mol. The van der Waals surface area contributed by atoms with Crippen molar-refractivity contribution < 1.29 is 13.7 Å². The van der Waals surface area contributed by atoms with E-state index in [1.54, 1.807) is 19.3 Å². The lowest BCUT2D eigenvalue weighted by Gasteiger charge is -2.41. The Balaban J connectivity index is 1.63. The maximum atomic E-state index is 6.07. The molecular weight excluding hydrogens is 406 g/mol. The van der Waals surface area contributed by atoms with Crippen LogP contribution >= 0.6 is 12.0 Å². The van der Waals surface area contributed by atoms with Crippen LogP contribution in [-0.2, 0) is 19.4 Å². The lowest BCUT2D eigenvalue weighted by molar-refractivity contribution is 0.160. The SMILES string of the molecule is C=C/C=C(\C=C)SOc1cc2c(cc1OCC)CN1CCc3cc(OC)ccc3C1C2. The van der Waals surface area contributed by atoms with Crippen molar-refractivity contribution in [3.8, 4) is 17.2 Å². The van der Waals surface area contributed by atoms with Crippen molar-refractivity contribution in [3.63, 3.8) is 0 Å². The highest BCUT2D eigenvalue weighted by Crippen LogP contribution is 2.43. The highest BCUT2D eigenvalue weighted by atomic mass is 32.2. The smallest absolute Gasteiger partial charge is 0.180 e. The Hall–Kier alpha value is -2.63. The van der Waals surface area contributed by atoms with Gasteiger partial charge in [0, 0.05) is 24.0 Å². The molecule has 0 radical (unpaired) electrons. The van der Waals surface area contributed by atoms with E-state index in [0.29, 0.717) is 12.6 Å². The van der Waals surface area contributed by atoms with Crippen LogP contribution in [0.2, 0.25) is 0 Å².